The quantitative estimate of drug-likeness (QED) is 0.672. The summed E-state index contributed by atoms with van der Waals surface area (Å²) in [4.78, 5) is 26.5. The summed E-state index contributed by atoms with van der Waals surface area (Å²) < 4.78 is 1.69. The van der Waals surface area contributed by atoms with Gasteiger partial charge < -0.3 is 4.90 Å². The molecule has 25 heavy (non-hydrogen) atoms. The highest BCUT2D eigenvalue weighted by Gasteiger charge is 2.28. The third-order valence-corrected chi connectivity index (χ3v) is 6.75. The van der Waals surface area contributed by atoms with Crippen LogP contribution in [0.5, 0.6) is 0 Å². The van der Waals surface area contributed by atoms with Crippen molar-refractivity contribution in [1.82, 2.24) is 24.5 Å². The molecule has 2 aliphatic rings. The topological polar surface area (TPSA) is 63.4 Å². The third kappa shape index (κ3) is 2.36. The normalized spacial score (nSPS) is 21.0. The zero-order valence-electron chi connectivity index (χ0n) is 14.4. The Morgan fingerprint density at radius 2 is 2.12 bits per heavy atom. The van der Waals surface area contributed by atoms with E-state index in [1.165, 1.54) is 29.7 Å². The fourth-order valence-electron chi connectivity index (χ4n) is 4.17. The monoisotopic (exact) mass is 355 g/mol. The van der Waals surface area contributed by atoms with Crippen LogP contribution < -0.4 is 0 Å². The van der Waals surface area contributed by atoms with E-state index in [-0.39, 0.29) is 11.9 Å². The lowest BCUT2D eigenvalue weighted by atomic mass is 9.97. The maximum Gasteiger partial charge on any atom is 0.293 e. The van der Waals surface area contributed by atoms with Crippen LogP contribution in [0.15, 0.2) is 6.33 Å². The number of carbonyl (C=O) groups excluding carboxylic acids is 1. The van der Waals surface area contributed by atoms with Gasteiger partial charge in [0, 0.05) is 17.5 Å². The van der Waals surface area contributed by atoms with Crippen molar-refractivity contribution in [3.63, 3.8) is 0 Å². The summed E-state index contributed by atoms with van der Waals surface area (Å²) in [6.45, 7) is 2.92. The minimum absolute atomic E-state index is 0.0480. The summed E-state index contributed by atoms with van der Waals surface area (Å²) in [5, 5.41) is 5.57. The molecule has 1 aliphatic carbocycles. The van der Waals surface area contributed by atoms with Gasteiger partial charge in [-0.25, -0.2) is 14.5 Å². The molecule has 0 N–H and O–H groups in total. The van der Waals surface area contributed by atoms with E-state index in [2.05, 4.69) is 22.0 Å². The Hall–Kier alpha value is -2.02. The molecule has 3 aromatic rings. The lowest BCUT2D eigenvalue weighted by molar-refractivity contribution is 0.0623. The molecule has 0 spiro atoms. The summed E-state index contributed by atoms with van der Waals surface area (Å²) in [5.74, 6) is 0.256. The summed E-state index contributed by atoms with van der Waals surface area (Å²) in [5.41, 5.74) is 2.17. The minimum Gasteiger partial charge on any atom is -0.333 e. The molecule has 4 heterocycles. The highest BCUT2D eigenvalue weighted by molar-refractivity contribution is 7.19. The van der Waals surface area contributed by atoms with Crippen molar-refractivity contribution >= 4 is 33.1 Å². The molecule has 1 aliphatic heterocycles. The van der Waals surface area contributed by atoms with Gasteiger partial charge in [-0.1, -0.05) is 0 Å². The van der Waals surface area contributed by atoms with Crippen molar-refractivity contribution in [2.24, 2.45) is 0 Å². The molecule has 5 rings (SSSR count). The molecule has 0 bridgehead atoms. The van der Waals surface area contributed by atoms with Crippen LogP contribution in [0, 0.1) is 0 Å². The van der Waals surface area contributed by atoms with Gasteiger partial charge in [0.15, 0.2) is 5.65 Å². The highest BCUT2D eigenvalue weighted by Crippen LogP contribution is 2.36. The van der Waals surface area contributed by atoms with E-state index >= 15 is 0 Å². The molecule has 0 radical (unpaired) electrons. The maximum absolute atomic E-state index is 12.9. The molecule has 0 unspecified atom stereocenters. The Morgan fingerprint density at radius 1 is 1.24 bits per heavy atom. The van der Waals surface area contributed by atoms with E-state index in [0.717, 1.165) is 48.1 Å². The van der Waals surface area contributed by atoms with Gasteiger partial charge in [-0.05, 0) is 57.4 Å². The first kappa shape index (κ1) is 15.3. The minimum atomic E-state index is -0.0480. The summed E-state index contributed by atoms with van der Waals surface area (Å²) in [6.07, 6.45) is 9.68. The molecule has 0 saturated carbocycles. The molecule has 130 valence electrons. The molecule has 1 atom stereocenters. The van der Waals surface area contributed by atoms with Crippen LogP contribution in [-0.2, 0) is 12.8 Å². The fraction of sp³-hybridized carbons (Fsp3) is 0.556. The van der Waals surface area contributed by atoms with Crippen molar-refractivity contribution in [2.75, 3.05) is 6.54 Å². The van der Waals surface area contributed by atoms with Gasteiger partial charge in [0.25, 0.3) is 5.91 Å². The third-order valence-electron chi connectivity index (χ3n) is 5.55. The number of amides is 1. The molecule has 1 amide bonds. The van der Waals surface area contributed by atoms with Crippen molar-refractivity contribution in [3.05, 3.63) is 22.6 Å². The van der Waals surface area contributed by atoms with Crippen LogP contribution in [0.2, 0.25) is 0 Å². The summed E-state index contributed by atoms with van der Waals surface area (Å²) in [7, 11) is 0. The first-order valence-corrected chi connectivity index (χ1v) is 10.0. The number of likely N-dealkylation sites (tertiary alicyclic amines) is 1. The molecular formula is C18H21N5OS. The predicted molar refractivity (Wildman–Crippen MR) is 97.2 cm³/mol. The van der Waals surface area contributed by atoms with Crippen LogP contribution in [0.3, 0.4) is 0 Å². The molecule has 1 saturated heterocycles. The SMILES string of the molecule is C[C@@H]1CCCCN1C(=O)c1nc2c3c4c(sc3ncn2n1)CCCC4. The van der Waals surface area contributed by atoms with Crippen LogP contribution in [0.4, 0.5) is 0 Å². The number of hydrogen-bond acceptors (Lipinski definition) is 5. The second-order valence-corrected chi connectivity index (χ2v) is 8.27. The molecule has 0 aromatic carbocycles. The summed E-state index contributed by atoms with van der Waals surface area (Å²) in [6, 6.07) is 0.264. The van der Waals surface area contributed by atoms with E-state index in [0.29, 0.717) is 5.82 Å². The van der Waals surface area contributed by atoms with E-state index in [1.54, 1.807) is 22.2 Å². The second kappa shape index (κ2) is 5.76. The molecule has 3 aromatic heterocycles. The number of aryl methyl sites for hydroxylation is 2. The Balaban J connectivity index is 1.62. The zero-order valence-corrected chi connectivity index (χ0v) is 15.2. The Labute approximate surface area is 149 Å². The van der Waals surface area contributed by atoms with Gasteiger partial charge in [0.05, 0.1) is 5.39 Å². The predicted octanol–water partition coefficient (Wildman–Crippen LogP) is 3.23. The van der Waals surface area contributed by atoms with Gasteiger partial charge in [0.2, 0.25) is 5.82 Å². The number of nitrogens with zero attached hydrogens (tertiary/aromatic N) is 5. The van der Waals surface area contributed by atoms with Crippen LogP contribution in [-0.4, -0.2) is 43.0 Å². The van der Waals surface area contributed by atoms with Crippen molar-refractivity contribution in [1.29, 1.82) is 0 Å². The largest absolute Gasteiger partial charge is 0.333 e. The van der Waals surface area contributed by atoms with Gasteiger partial charge >= 0.3 is 0 Å². The van der Waals surface area contributed by atoms with Gasteiger partial charge in [-0.15, -0.1) is 16.4 Å². The average Bonchev–Trinajstić information content (AvgIpc) is 3.22. The first-order valence-electron chi connectivity index (χ1n) is 9.19. The van der Waals surface area contributed by atoms with Crippen molar-refractivity contribution in [3.8, 4) is 0 Å². The number of hydrogen-bond donors (Lipinski definition) is 0. The second-order valence-electron chi connectivity index (χ2n) is 7.18. The number of thiophene rings is 1. The van der Waals surface area contributed by atoms with Crippen molar-refractivity contribution < 1.29 is 4.79 Å². The number of rotatable bonds is 1. The van der Waals surface area contributed by atoms with Crippen LogP contribution >= 0.6 is 11.3 Å². The lowest BCUT2D eigenvalue weighted by Gasteiger charge is -2.32. The lowest BCUT2D eigenvalue weighted by Crippen LogP contribution is -2.42. The number of carbonyl (C=O) groups is 1. The number of piperidine rings is 1. The van der Waals surface area contributed by atoms with E-state index in [1.807, 2.05) is 4.90 Å². The van der Waals surface area contributed by atoms with Gasteiger partial charge in [0.1, 0.15) is 11.2 Å². The van der Waals surface area contributed by atoms with E-state index in [9.17, 15) is 4.79 Å². The molecule has 6 nitrogen and oxygen atoms in total. The van der Waals surface area contributed by atoms with Crippen LogP contribution in [0.25, 0.3) is 15.9 Å². The van der Waals surface area contributed by atoms with Crippen LogP contribution in [0.1, 0.15) is 60.1 Å². The van der Waals surface area contributed by atoms with Gasteiger partial charge in [-0.2, -0.15) is 0 Å². The van der Waals surface area contributed by atoms with Crippen molar-refractivity contribution in [2.45, 2.75) is 57.9 Å². The molecule has 1 fully saturated rings. The Bertz CT molecular complexity index is 975. The number of fused-ring (bicyclic) bond motifs is 5. The highest BCUT2D eigenvalue weighted by atomic mass is 32.1. The Kier molecular flexibility index (Phi) is 3.51. The summed E-state index contributed by atoms with van der Waals surface area (Å²) >= 11 is 1.77. The smallest absolute Gasteiger partial charge is 0.293 e. The van der Waals surface area contributed by atoms with Gasteiger partial charge in [-0.3, -0.25) is 4.79 Å². The van der Waals surface area contributed by atoms with E-state index < -0.39 is 0 Å². The maximum atomic E-state index is 12.9. The van der Waals surface area contributed by atoms with E-state index in [4.69, 9.17) is 0 Å². The fourth-order valence-corrected chi connectivity index (χ4v) is 5.40. The zero-order chi connectivity index (χ0) is 17.0. The first-order chi connectivity index (χ1) is 12.2. The number of aromatic nitrogens is 4. The molecular weight excluding hydrogens is 334 g/mol. The standard InChI is InChI=1S/C18H21N5OS/c1-11-6-4-5-9-22(11)18(24)15-20-16-14-12-7-2-3-8-13(12)25-17(14)19-10-23(16)21-15/h10-11H,2-9H2,1H3/t11-/m1/s1. The average molecular weight is 355 g/mol. The Morgan fingerprint density at radius 3 is 3.00 bits per heavy atom. The molecule has 7 heteroatoms.